The molecule has 2 unspecified atom stereocenters. The van der Waals surface area contributed by atoms with E-state index in [2.05, 4.69) is 10.6 Å². The van der Waals surface area contributed by atoms with Gasteiger partial charge in [0.1, 0.15) is 23.7 Å². The number of carbonyl (C=O) groups excluding carboxylic acids is 2. The molecule has 14 heteroatoms. The fourth-order valence-electron chi connectivity index (χ4n) is 5.37. The Balaban J connectivity index is 1.90. The van der Waals surface area contributed by atoms with Crippen LogP contribution in [-0.2, 0) is 22.6 Å². The number of methoxy groups -OCH3 is 1. The standard InChI is InChI=1S/C29H29Cl2F4N3O5/c1-3-43-28(41)22(16-5-4-8-36-11-16)23-21(32)10-18-24(26(23)42-2)38(14-29(33,34)35)13-19(25(18)39)27(40)37-12-15-6-7-17(30)9-20(15)31/h6-7,9-10,13,16,22,36H,3-5,8,11-12,14H2,1-2H3,(H,37,40). The number of alkyl halides is 3. The van der Waals surface area contributed by atoms with E-state index in [1.54, 1.807) is 6.92 Å². The summed E-state index contributed by atoms with van der Waals surface area (Å²) < 4.78 is 68.8. The Morgan fingerprint density at radius 2 is 1.98 bits per heavy atom. The molecule has 1 amide bonds. The number of aromatic nitrogens is 1. The molecule has 1 aliphatic rings. The summed E-state index contributed by atoms with van der Waals surface area (Å²) in [6, 6.07) is 5.26. The second-order valence-electron chi connectivity index (χ2n) is 10.1. The monoisotopic (exact) mass is 645 g/mol. The van der Waals surface area contributed by atoms with E-state index in [1.807, 2.05) is 0 Å². The molecule has 2 atom stereocenters. The maximum atomic E-state index is 16.0. The van der Waals surface area contributed by atoms with Crippen molar-refractivity contribution >= 4 is 46.0 Å². The maximum absolute atomic E-state index is 16.0. The van der Waals surface area contributed by atoms with E-state index < -0.39 is 69.9 Å². The highest BCUT2D eigenvalue weighted by molar-refractivity contribution is 6.35. The largest absolute Gasteiger partial charge is 0.494 e. The summed E-state index contributed by atoms with van der Waals surface area (Å²) in [5.74, 6) is -4.92. The summed E-state index contributed by atoms with van der Waals surface area (Å²) in [6.07, 6.45) is -2.86. The van der Waals surface area contributed by atoms with E-state index in [9.17, 15) is 27.6 Å². The van der Waals surface area contributed by atoms with Crippen LogP contribution in [0.1, 0.15) is 47.2 Å². The fourth-order valence-corrected chi connectivity index (χ4v) is 5.84. The molecule has 2 heterocycles. The minimum atomic E-state index is -4.81. The van der Waals surface area contributed by atoms with E-state index in [-0.39, 0.29) is 23.7 Å². The van der Waals surface area contributed by atoms with Crippen LogP contribution in [0.4, 0.5) is 17.6 Å². The molecule has 2 N–H and O–H groups in total. The van der Waals surface area contributed by atoms with Gasteiger partial charge >= 0.3 is 12.1 Å². The normalized spacial score (nSPS) is 16.1. The van der Waals surface area contributed by atoms with Gasteiger partial charge in [0, 0.05) is 28.4 Å². The number of halogens is 6. The summed E-state index contributed by atoms with van der Waals surface area (Å²) in [5, 5.41) is 5.66. The number of nitrogens with one attached hydrogen (secondary N) is 2. The minimum Gasteiger partial charge on any atom is -0.494 e. The van der Waals surface area contributed by atoms with Gasteiger partial charge in [-0.1, -0.05) is 29.3 Å². The fraction of sp³-hybridized carbons (Fsp3) is 0.414. The van der Waals surface area contributed by atoms with Gasteiger partial charge < -0.3 is 24.7 Å². The van der Waals surface area contributed by atoms with Crippen molar-refractivity contribution in [1.29, 1.82) is 0 Å². The van der Waals surface area contributed by atoms with Crippen LogP contribution in [0, 0.1) is 11.7 Å². The molecule has 1 aliphatic heterocycles. The van der Waals surface area contributed by atoms with Gasteiger partial charge in [-0.05, 0) is 62.5 Å². The average molecular weight is 646 g/mol. The number of piperidine rings is 1. The van der Waals surface area contributed by atoms with Gasteiger partial charge in [0.15, 0.2) is 0 Å². The highest BCUT2D eigenvalue weighted by Crippen LogP contribution is 2.42. The van der Waals surface area contributed by atoms with Crippen LogP contribution >= 0.6 is 23.2 Å². The number of hydrogen-bond donors (Lipinski definition) is 2. The summed E-state index contributed by atoms with van der Waals surface area (Å²) in [7, 11) is 1.11. The Bertz CT molecular complexity index is 1590. The van der Waals surface area contributed by atoms with Crippen molar-refractivity contribution in [3.63, 3.8) is 0 Å². The number of rotatable bonds is 9. The number of nitrogens with zero attached hydrogens (tertiary/aromatic N) is 1. The maximum Gasteiger partial charge on any atom is 0.406 e. The van der Waals surface area contributed by atoms with E-state index in [0.717, 1.165) is 19.4 Å². The zero-order valence-corrected chi connectivity index (χ0v) is 24.8. The Kier molecular flexibility index (Phi) is 10.2. The van der Waals surface area contributed by atoms with Crippen molar-refractivity contribution in [2.24, 2.45) is 5.92 Å². The number of amides is 1. The Labute approximate surface area is 254 Å². The molecule has 43 heavy (non-hydrogen) atoms. The van der Waals surface area contributed by atoms with Crippen LogP contribution in [0.2, 0.25) is 10.0 Å². The average Bonchev–Trinajstić information content (AvgIpc) is 2.94. The van der Waals surface area contributed by atoms with Gasteiger partial charge in [-0.2, -0.15) is 13.2 Å². The number of esters is 1. The predicted octanol–water partition coefficient (Wildman–Crippen LogP) is 5.59. The lowest BCUT2D eigenvalue weighted by atomic mass is 9.80. The molecule has 232 valence electrons. The number of carbonyl (C=O) groups is 2. The second-order valence-corrected chi connectivity index (χ2v) is 10.9. The van der Waals surface area contributed by atoms with Crippen LogP contribution in [0.3, 0.4) is 0 Å². The third-order valence-electron chi connectivity index (χ3n) is 7.22. The number of hydrogen-bond acceptors (Lipinski definition) is 6. The van der Waals surface area contributed by atoms with Crippen LogP contribution in [0.15, 0.2) is 35.3 Å². The molecular formula is C29H29Cl2F4N3O5. The first-order valence-corrected chi connectivity index (χ1v) is 14.2. The SMILES string of the molecule is CCOC(=O)C(c1c(F)cc2c(=O)c(C(=O)NCc3ccc(Cl)cc3Cl)cn(CC(F)(F)F)c2c1OC)C1CCCNC1. The van der Waals surface area contributed by atoms with Gasteiger partial charge in [0.2, 0.25) is 5.43 Å². The van der Waals surface area contributed by atoms with Gasteiger partial charge in [0.05, 0.1) is 30.5 Å². The van der Waals surface area contributed by atoms with E-state index >= 15 is 4.39 Å². The third kappa shape index (κ3) is 7.25. The van der Waals surface area contributed by atoms with Crippen LogP contribution in [-0.4, -0.2) is 49.4 Å². The van der Waals surface area contributed by atoms with Gasteiger partial charge in [-0.15, -0.1) is 0 Å². The minimum absolute atomic E-state index is 0.00845. The van der Waals surface area contributed by atoms with Crippen molar-refractivity contribution < 1.29 is 36.6 Å². The van der Waals surface area contributed by atoms with Gasteiger partial charge in [0.25, 0.3) is 5.91 Å². The number of fused-ring (bicyclic) bond motifs is 1. The quantitative estimate of drug-likeness (QED) is 0.232. The summed E-state index contributed by atoms with van der Waals surface area (Å²) in [5.41, 5.74) is -1.96. The molecule has 1 aromatic heterocycles. The molecule has 8 nitrogen and oxygen atoms in total. The first kappa shape index (κ1) is 32.6. The Hall–Kier alpha value is -3.35. The Morgan fingerprint density at radius 1 is 1.23 bits per heavy atom. The molecule has 2 aromatic carbocycles. The molecule has 0 aliphatic carbocycles. The highest BCUT2D eigenvalue weighted by atomic mass is 35.5. The second kappa shape index (κ2) is 13.5. The highest BCUT2D eigenvalue weighted by Gasteiger charge is 2.39. The number of ether oxygens (including phenoxy) is 2. The van der Waals surface area contributed by atoms with E-state index in [4.69, 9.17) is 32.7 Å². The summed E-state index contributed by atoms with van der Waals surface area (Å²) in [6.45, 7) is 0.782. The van der Waals surface area contributed by atoms with Gasteiger partial charge in [-0.25, -0.2) is 4.39 Å². The zero-order chi connectivity index (χ0) is 31.5. The molecule has 4 rings (SSSR count). The molecular weight excluding hydrogens is 617 g/mol. The lowest BCUT2D eigenvalue weighted by molar-refractivity contribution is -0.147. The zero-order valence-electron chi connectivity index (χ0n) is 23.2. The van der Waals surface area contributed by atoms with Gasteiger partial charge in [-0.3, -0.25) is 14.4 Å². The Morgan fingerprint density at radius 3 is 2.58 bits per heavy atom. The molecule has 3 aromatic rings. The van der Waals surface area contributed by atoms with Crippen molar-refractivity contribution in [2.45, 2.75) is 44.9 Å². The number of pyridine rings is 1. The van der Waals surface area contributed by atoms with E-state index in [0.29, 0.717) is 41.1 Å². The molecule has 1 fully saturated rings. The summed E-state index contributed by atoms with van der Waals surface area (Å²) in [4.78, 5) is 39.8. The summed E-state index contributed by atoms with van der Waals surface area (Å²) >= 11 is 12.0. The first-order valence-electron chi connectivity index (χ1n) is 13.5. The first-order chi connectivity index (χ1) is 20.4. The predicted molar refractivity (Wildman–Crippen MR) is 153 cm³/mol. The topological polar surface area (TPSA) is 98.7 Å². The van der Waals surface area contributed by atoms with Crippen molar-refractivity contribution in [2.75, 3.05) is 26.8 Å². The van der Waals surface area contributed by atoms with E-state index in [1.165, 1.54) is 18.2 Å². The number of benzene rings is 2. The smallest absolute Gasteiger partial charge is 0.406 e. The molecule has 0 saturated carbocycles. The van der Waals surface area contributed by atoms with Crippen molar-refractivity contribution in [1.82, 2.24) is 15.2 Å². The van der Waals surface area contributed by atoms with Crippen LogP contribution in [0.5, 0.6) is 5.75 Å². The molecule has 0 radical (unpaired) electrons. The third-order valence-corrected chi connectivity index (χ3v) is 7.80. The molecule has 1 saturated heterocycles. The lowest BCUT2D eigenvalue weighted by Crippen LogP contribution is -2.37. The van der Waals surface area contributed by atoms with Crippen LogP contribution < -0.4 is 20.8 Å². The van der Waals surface area contributed by atoms with Crippen molar-refractivity contribution in [3.05, 3.63) is 73.2 Å². The lowest BCUT2D eigenvalue weighted by Gasteiger charge is -2.31. The molecule has 0 bridgehead atoms. The van der Waals surface area contributed by atoms with Crippen molar-refractivity contribution in [3.8, 4) is 5.75 Å². The molecule has 0 spiro atoms. The van der Waals surface area contributed by atoms with Crippen LogP contribution in [0.25, 0.3) is 10.9 Å².